The molecule has 1 N–H and O–H groups in total. The highest BCUT2D eigenvalue weighted by molar-refractivity contribution is 7.10. The molecule has 1 amide bonds. The van der Waals surface area contributed by atoms with Gasteiger partial charge in [-0.1, -0.05) is 23.2 Å². The molecule has 0 fully saturated rings. The maximum Gasteiger partial charge on any atom is 0.238 e. The van der Waals surface area contributed by atoms with E-state index < -0.39 is 0 Å². The summed E-state index contributed by atoms with van der Waals surface area (Å²) in [5.41, 5.74) is 1.89. The van der Waals surface area contributed by atoms with Gasteiger partial charge in [0.25, 0.3) is 0 Å². The highest BCUT2D eigenvalue weighted by Gasteiger charge is 2.19. The predicted octanol–water partition coefficient (Wildman–Crippen LogP) is 4.05. The molecule has 21 heavy (non-hydrogen) atoms. The summed E-state index contributed by atoms with van der Waals surface area (Å²) in [5, 5.41) is 5.98. The van der Waals surface area contributed by atoms with E-state index in [4.69, 9.17) is 23.2 Å². The molecule has 0 spiro atoms. The third-order valence-electron chi connectivity index (χ3n) is 3.46. The summed E-state index contributed by atoms with van der Waals surface area (Å²) in [6.45, 7) is 2.10. The second-order valence-corrected chi connectivity index (χ2v) is 6.85. The number of halogens is 2. The molecule has 1 aromatic carbocycles. The molecule has 0 radical (unpaired) electrons. The van der Waals surface area contributed by atoms with Gasteiger partial charge in [0.1, 0.15) is 0 Å². The molecule has 2 aromatic rings. The first-order valence-electron chi connectivity index (χ1n) is 6.64. The Kier molecular flexibility index (Phi) is 4.50. The Labute approximate surface area is 137 Å². The maximum atomic E-state index is 12.1. The quantitative estimate of drug-likeness (QED) is 0.913. The summed E-state index contributed by atoms with van der Waals surface area (Å²) in [5.74, 6) is -0.0714. The van der Waals surface area contributed by atoms with Crippen LogP contribution in [0.1, 0.15) is 10.4 Å². The summed E-state index contributed by atoms with van der Waals surface area (Å²) in [7, 11) is 0. The number of thiophene rings is 1. The third kappa shape index (κ3) is 3.58. The molecule has 0 aliphatic carbocycles. The summed E-state index contributed by atoms with van der Waals surface area (Å²) in [6.07, 6.45) is 1.01. The molecule has 1 aromatic heterocycles. The van der Waals surface area contributed by atoms with Gasteiger partial charge in [-0.15, -0.1) is 11.3 Å². The van der Waals surface area contributed by atoms with Crippen LogP contribution in [0.5, 0.6) is 0 Å². The van der Waals surface area contributed by atoms with E-state index in [2.05, 4.69) is 21.7 Å². The molecule has 110 valence electrons. The minimum absolute atomic E-state index is 0.0714. The van der Waals surface area contributed by atoms with Crippen LogP contribution in [0.3, 0.4) is 0 Å². The van der Waals surface area contributed by atoms with Gasteiger partial charge in [-0.05, 0) is 41.6 Å². The van der Waals surface area contributed by atoms with E-state index in [1.165, 1.54) is 10.4 Å². The monoisotopic (exact) mass is 340 g/mol. The first-order chi connectivity index (χ1) is 10.1. The normalized spacial score (nSPS) is 14.8. The maximum absolute atomic E-state index is 12.1. The first-order valence-corrected chi connectivity index (χ1v) is 8.28. The lowest BCUT2D eigenvalue weighted by Gasteiger charge is -2.26. The summed E-state index contributed by atoms with van der Waals surface area (Å²) >= 11 is 13.8. The van der Waals surface area contributed by atoms with Crippen LogP contribution in [0.25, 0.3) is 0 Å². The number of rotatable bonds is 3. The molecule has 1 aliphatic heterocycles. The number of hydrogen-bond donors (Lipinski definition) is 1. The summed E-state index contributed by atoms with van der Waals surface area (Å²) in [6, 6.07) is 7.17. The smallest absolute Gasteiger partial charge is 0.238 e. The molecule has 2 heterocycles. The van der Waals surface area contributed by atoms with Crippen molar-refractivity contribution in [1.82, 2.24) is 4.90 Å². The molecular weight excluding hydrogens is 327 g/mol. The van der Waals surface area contributed by atoms with Crippen molar-refractivity contribution in [2.45, 2.75) is 13.0 Å². The predicted molar refractivity (Wildman–Crippen MR) is 88.4 cm³/mol. The van der Waals surface area contributed by atoms with E-state index in [0.29, 0.717) is 22.3 Å². The minimum Gasteiger partial charge on any atom is -0.324 e. The fourth-order valence-electron chi connectivity index (χ4n) is 2.43. The van der Waals surface area contributed by atoms with Crippen LogP contribution in [0.2, 0.25) is 10.0 Å². The molecule has 0 unspecified atom stereocenters. The van der Waals surface area contributed by atoms with Gasteiger partial charge in [-0.3, -0.25) is 9.69 Å². The zero-order valence-electron chi connectivity index (χ0n) is 11.2. The van der Waals surface area contributed by atoms with Crippen molar-refractivity contribution in [3.8, 4) is 0 Å². The number of nitrogens with zero attached hydrogens (tertiary/aromatic N) is 1. The van der Waals surface area contributed by atoms with E-state index >= 15 is 0 Å². The van der Waals surface area contributed by atoms with Gasteiger partial charge in [-0.25, -0.2) is 0 Å². The molecule has 0 saturated carbocycles. The molecule has 3 rings (SSSR count). The molecule has 0 atom stereocenters. The second kappa shape index (κ2) is 6.36. The van der Waals surface area contributed by atoms with E-state index in [1.54, 1.807) is 29.5 Å². The highest BCUT2D eigenvalue weighted by atomic mass is 35.5. The highest BCUT2D eigenvalue weighted by Crippen LogP contribution is 2.26. The number of amides is 1. The zero-order chi connectivity index (χ0) is 14.8. The lowest BCUT2D eigenvalue weighted by Crippen LogP contribution is -2.36. The van der Waals surface area contributed by atoms with Gasteiger partial charge >= 0.3 is 0 Å². The third-order valence-corrected chi connectivity index (χ3v) is 5.04. The van der Waals surface area contributed by atoms with Gasteiger partial charge in [-0.2, -0.15) is 0 Å². The Morgan fingerprint density at radius 3 is 3.05 bits per heavy atom. The van der Waals surface area contributed by atoms with Crippen LogP contribution in [-0.4, -0.2) is 23.9 Å². The Bertz CT molecular complexity index is 671. The Morgan fingerprint density at radius 1 is 1.33 bits per heavy atom. The molecule has 0 saturated heterocycles. The van der Waals surface area contributed by atoms with Crippen LogP contribution in [0, 0.1) is 0 Å². The first kappa shape index (κ1) is 14.9. The number of nitrogens with one attached hydrogen (secondary N) is 1. The Morgan fingerprint density at radius 2 is 2.19 bits per heavy atom. The van der Waals surface area contributed by atoms with Crippen molar-refractivity contribution in [3.63, 3.8) is 0 Å². The van der Waals surface area contributed by atoms with Crippen LogP contribution in [0.15, 0.2) is 29.6 Å². The van der Waals surface area contributed by atoms with Gasteiger partial charge in [0.05, 0.1) is 17.3 Å². The molecule has 6 heteroatoms. The average Bonchev–Trinajstić information content (AvgIpc) is 2.90. The van der Waals surface area contributed by atoms with Crippen molar-refractivity contribution in [2.24, 2.45) is 0 Å². The lowest BCUT2D eigenvalue weighted by atomic mass is 10.1. The van der Waals surface area contributed by atoms with Crippen molar-refractivity contribution < 1.29 is 4.79 Å². The van der Waals surface area contributed by atoms with Gasteiger partial charge < -0.3 is 5.32 Å². The van der Waals surface area contributed by atoms with Crippen LogP contribution >= 0.6 is 34.5 Å². The zero-order valence-corrected chi connectivity index (χ0v) is 13.6. The Balaban J connectivity index is 1.61. The topological polar surface area (TPSA) is 32.3 Å². The Hall–Kier alpha value is -1.07. The SMILES string of the molecule is O=C(CN1CCc2sccc2C1)Nc1cc(Cl)ccc1Cl. The number of carbonyl (C=O) groups excluding carboxylic acids is 1. The van der Waals surface area contributed by atoms with E-state index in [-0.39, 0.29) is 5.91 Å². The fourth-order valence-corrected chi connectivity index (χ4v) is 3.65. The van der Waals surface area contributed by atoms with E-state index in [1.807, 2.05) is 0 Å². The second-order valence-electron chi connectivity index (χ2n) is 5.00. The van der Waals surface area contributed by atoms with Crippen molar-refractivity contribution in [2.75, 3.05) is 18.4 Å². The van der Waals surface area contributed by atoms with Gasteiger partial charge in [0.15, 0.2) is 0 Å². The van der Waals surface area contributed by atoms with Gasteiger partial charge in [0, 0.05) is 23.0 Å². The molecule has 0 bridgehead atoms. The number of anilines is 1. The number of benzene rings is 1. The summed E-state index contributed by atoms with van der Waals surface area (Å²) < 4.78 is 0. The van der Waals surface area contributed by atoms with Crippen LogP contribution in [-0.2, 0) is 17.8 Å². The standard InChI is InChI=1S/C15H14Cl2N2OS/c16-11-1-2-12(17)13(7-11)18-15(20)9-19-5-3-14-10(8-19)4-6-21-14/h1-2,4,6-7H,3,5,8-9H2,(H,18,20). The van der Waals surface area contributed by atoms with E-state index in [9.17, 15) is 4.79 Å². The average molecular weight is 341 g/mol. The fraction of sp³-hybridized carbons (Fsp3) is 0.267. The molecular formula is C15H14Cl2N2OS. The minimum atomic E-state index is -0.0714. The van der Waals surface area contributed by atoms with Gasteiger partial charge in [0.2, 0.25) is 5.91 Å². The van der Waals surface area contributed by atoms with Crippen LogP contribution in [0.4, 0.5) is 5.69 Å². The van der Waals surface area contributed by atoms with Crippen LogP contribution < -0.4 is 5.32 Å². The number of carbonyl (C=O) groups is 1. The largest absolute Gasteiger partial charge is 0.324 e. The van der Waals surface area contributed by atoms with Crippen molar-refractivity contribution in [1.29, 1.82) is 0 Å². The van der Waals surface area contributed by atoms with Crippen molar-refractivity contribution in [3.05, 3.63) is 50.1 Å². The van der Waals surface area contributed by atoms with Crippen molar-refractivity contribution >= 4 is 46.1 Å². The molecule has 1 aliphatic rings. The number of hydrogen-bond acceptors (Lipinski definition) is 3. The number of fused-ring (bicyclic) bond motifs is 1. The lowest BCUT2D eigenvalue weighted by molar-refractivity contribution is -0.117. The summed E-state index contributed by atoms with van der Waals surface area (Å²) in [4.78, 5) is 15.7. The van der Waals surface area contributed by atoms with E-state index in [0.717, 1.165) is 19.5 Å². The molecule has 3 nitrogen and oxygen atoms in total.